The third-order valence-electron chi connectivity index (χ3n) is 2.22. The van der Waals surface area contributed by atoms with Gasteiger partial charge in [-0.3, -0.25) is 9.59 Å². The average molecular weight is 206 g/mol. The maximum absolute atomic E-state index is 11.8. The number of aliphatic hydroxyl groups excluding tert-OH is 1. The summed E-state index contributed by atoms with van der Waals surface area (Å²) in [6.45, 7) is 1.20. The Bertz CT molecular complexity index is 343. The first-order valence-corrected chi connectivity index (χ1v) is 4.87. The molecule has 3 heteroatoms. The van der Waals surface area contributed by atoms with Gasteiger partial charge in [-0.2, -0.15) is 0 Å². The maximum atomic E-state index is 11.8. The Morgan fingerprint density at radius 2 is 1.87 bits per heavy atom. The Kier molecular flexibility index (Phi) is 4.18. The monoisotopic (exact) mass is 206 g/mol. The summed E-state index contributed by atoms with van der Waals surface area (Å²) < 4.78 is 0. The SMILES string of the molecule is CC(CC(=O)CO)C(=O)c1ccccc1. The van der Waals surface area contributed by atoms with Crippen LogP contribution in [0, 0.1) is 5.92 Å². The van der Waals surface area contributed by atoms with Gasteiger partial charge in [-0.25, -0.2) is 0 Å². The molecule has 0 fully saturated rings. The zero-order valence-electron chi connectivity index (χ0n) is 8.64. The molecule has 0 saturated heterocycles. The predicted octanol–water partition coefficient (Wildman–Crippen LogP) is 1.46. The molecule has 0 radical (unpaired) electrons. The smallest absolute Gasteiger partial charge is 0.166 e. The Morgan fingerprint density at radius 1 is 1.27 bits per heavy atom. The molecule has 1 aromatic rings. The molecule has 0 heterocycles. The molecule has 1 aromatic carbocycles. The van der Waals surface area contributed by atoms with Crippen LogP contribution in [0.2, 0.25) is 0 Å². The molecule has 3 nitrogen and oxygen atoms in total. The molecule has 0 bridgehead atoms. The van der Waals surface area contributed by atoms with Gasteiger partial charge in [-0.1, -0.05) is 37.3 Å². The minimum atomic E-state index is -0.494. The molecular weight excluding hydrogens is 192 g/mol. The van der Waals surface area contributed by atoms with Crippen molar-refractivity contribution in [2.75, 3.05) is 6.61 Å². The van der Waals surface area contributed by atoms with E-state index in [1.807, 2.05) is 6.07 Å². The molecule has 1 unspecified atom stereocenters. The van der Waals surface area contributed by atoms with Crippen LogP contribution < -0.4 is 0 Å². The molecule has 0 aliphatic carbocycles. The summed E-state index contributed by atoms with van der Waals surface area (Å²) >= 11 is 0. The standard InChI is InChI=1S/C12H14O3/c1-9(7-11(14)8-13)12(15)10-5-3-2-4-6-10/h2-6,9,13H,7-8H2,1H3. The number of rotatable bonds is 5. The van der Waals surface area contributed by atoms with E-state index >= 15 is 0 Å². The summed E-state index contributed by atoms with van der Waals surface area (Å²) in [6.07, 6.45) is 0.101. The number of benzene rings is 1. The lowest BCUT2D eigenvalue weighted by Crippen LogP contribution is -2.17. The van der Waals surface area contributed by atoms with Crippen LogP contribution in [0.15, 0.2) is 30.3 Å². The van der Waals surface area contributed by atoms with E-state index in [1.165, 1.54) is 0 Å². The van der Waals surface area contributed by atoms with Crippen LogP contribution in [-0.4, -0.2) is 23.3 Å². The van der Waals surface area contributed by atoms with Crippen molar-refractivity contribution in [1.82, 2.24) is 0 Å². The molecule has 0 aliphatic heterocycles. The summed E-state index contributed by atoms with van der Waals surface area (Å²) in [5, 5.41) is 8.58. The van der Waals surface area contributed by atoms with E-state index in [-0.39, 0.29) is 23.9 Å². The van der Waals surface area contributed by atoms with E-state index in [1.54, 1.807) is 31.2 Å². The van der Waals surface area contributed by atoms with Crippen LogP contribution in [0.3, 0.4) is 0 Å². The molecule has 0 aromatic heterocycles. The fourth-order valence-electron chi connectivity index (χ4n) is 1.39. The Hall–Kier alpha value is -1.48. The maximum Gasteiger partial charge on any atom is 0.166 e. The fraction of sp³-hybridized carbons (Fsp3) is 0.333. The highest BCUT2D eigenvalue weighted by atomic mass is 16.3. The fourth-order valence-corrected chi connectivity index (χ4v) is 1.39. The quantitative estimate of drug-likeness (QED) is 0.742. The van der Waals surface area contributed by atoms with Crippen molar-refractivity contribution in [2.24, 2.45) is 5.92 Å². The second-order valence-corrected chi connectivity index (χ2v) is 3.53. The molecule has 1 rings (SSSR count). The topological polar surface area (TPSA) is 54.4 Å². The van der Waals surface area contributed by atoms with Gasteiger partial charge >= 0.3 is 0 Å². The van der Waals surface area contributed by atoms with Crippen molar-refractivity contribution in [1.29, 1.82) is 0 Å². The van der Waals surface area contributed by atoms with Crippen molar-refractivity contribution in [3.05, 3.63) is 35.9 Å². The summed E-state index contributed by atoms with van der Waals surface area (Å²) in [7, 11) is 0. The van der Waals surface area contributed by atoms with E-state index in [0.717, 1.165) is 0 Å². The van der Waals surface area contributed by atoms with Crippen LogP contribution in [0.5, 0.6) is 0 Å². The van der Waals surface area contributed by atoms with Crippen molar-refractivity contribution in [2.45, 2.75) is 13.3 Å². The van der Waals surface area contributed by atoms with Crippen molar-refractivity contribution >= 4 is 11.6 Å². The van der Waals surface area contributed by atoms with Gasteiger partial charge in [0.1, 0.15) is 6.61 Å². The predicted molar refractivity (Wildman–Crippen MR) is 56.6 cm³/mol. The largest absolute Gasteiger partial charge is 0.389 e. The summed E-state index contributed by atoms with van der Waals surface area (Å²) in [6, 6.07) is 8.85. The third kappa shape index (κ3) is 3.29. The van der Waals surface area contributed by atoms with E-state index < -0.39 is 6.61 Å². The van der Waals surface area contributed by atoms with Crippen molar-refractivity contribution in [3.63, 3.8) is 0 Å². The van der Waals surface area contributed by atoms with Gasteiger partial charge in [0.05, 0.1) is 0 Å². The van der Waals surface area contributed by atoms with Crippen molar-refractivity contribution < 1.29 is 14.7 Å². The van der Waals surface area contributed by atoms with Gasteiger partial charge in [0, 0.05) is 17.9 Å². The van der Waals surface area contributed by atoms with Crippen LogP contribution in [-0.2, 0) is 4.79 Å². The van der Waals surface area contributed by atoms with Crippen LogP contribution >= 0.6 is 0 Å². The minimum absolute atomic E-state index is 0.0580. The molecule has 80 valence electrons. The van der Waals surface area contributed by atoms with Crippen molar-refractivity contribution in [3.8, 4) is 0 Å². The van der Waals surface area contributed by atoms with Gasteiger partial charge < -0.3 is 5.11 Å². The first-order chi connectivity index (χ1) is 7.15. The summed E-state index contributed by atoms with van der Waals surface area (Å²) in [4.78, 5) is 22.7. The molecular formula is C12H14O3. The molecule has 0 aliphatic rings. The zero-order chi connectivity index (χ0) is 11.3. The Labute approximate surface area is 88.7 Å². The van der Waals surface area contributed by atoms with Gasteiger partial charge in [-0.05, 0) is 0 Å². The van der Waals surface area contributed by atoms with E-state index in [2.05, 4.69) is 0 Å². The number of aliphatic hydroxyl groups is 1. The summed E-state index contributed by atoms with van der Waals surface area (Å²) in [5.74, 6) is -0.726. The van der Waals surface area contributed by atoms with Crippen LogP contribution in [0.4, 0.5) is 0 Å². The van der Waals surface area contributed by atoms with E-state index in [9.17, 15) is 9.59 Å². The molecule has 0 saturated carbocycles. The third-order valence-corrected chi connectivity index (χ3v) is 2.22. The molecule has 0 amide bonds. The number of Topliss-reactive ketones (excluding diaryl/α,β-unsaturated/α-hetero) is 2. The minimum Gasteiger partial charge on any atom is -0.389 e. The van der Waals surface area contributed by atoms with Gasteiger partial charge in [0.2, 0.25) is 0 Å². The molecule has 1 atom stereocenters. The first kappa shape index (κ1) is 11.6. The lowest BCUT2D eigenvalue weighted by Gasteiger charge is -2.08. The Morgan fingerprint density at radius 3 is 2.40 bits per heavy atom. The molecule has 1 N–H and O–H groups in total. The van der Waals surface area contributed by atoms with Gasteiger partial charge in [0.25, 0.3) is 0 Å². The Balaban J connectivity index is 2.65. The lowest BCUT2D eigenvalue weighted by atomic mass is 9.95. The highest BCUT2D eigenvalue weighted by Crippen LogP contribution is 2.11. The second-order valence-electron chi connectivity index (χ2n) is 3.53. The number of carbonyl (C=O) groups excluding carboxylic acids is 2. The van der Waals surface area contributed by atoms with E-state index in [4.69, 9.17) is 5.11 Å². The van der Waals surface area contributed by atoms with Crippen LogP contribution in [0.1, 0.15) is 23.7 Å². The molecule has 0 spiro atoms. The second kappa shape index (κ2) is 5.41. The average Bonchev–Trinajstić information content (AvgIpc) is 2.29. The highest BCUT2D eigenvalue weighted by molar-refractivity contribution is 5.99. The lowest BCUT2D eigenvalue weighted by molar-refractivity contribution is -0.122. The highest BCUT2D eigenvalue weighted by Gasteiger charge is 2.17. The summed E-state index contributed by atoms with van der Waals surface area (Å²) in [5.41, 5.74) is 0.607. The zero-order valence-corrected chi connectivity index (χ0v) is 8.64. The van der Waals surface area contributed by atoms with Gasteiger partial charge in [-0.15, -0.1) is 0 Å². The number of carbonyl (C=O) groups is 2. The number of ketones is 2. The number of hydrogen-bond acceptors (Lipinski definition) is 3. The molecule has 15 heavy (non-hydrogen) atoms. The van der Waals surface area contributed by atoms with E-state index in [0.29, 0.717) is 5.56 Å². The first-order valence-electron chi connectivity index (χ1n) is 4.87. The number of hydrogen-bond donors (Lipinski definition) is 1. The van der Waals surface area contributed by atoms with Crippen LogP contribution in [0.25, 0.3) is 0 Å². The van der Waals surface area contributed by atoms with Gasteiger partial charge in [0.15, 0.2) is 11.6 Å². The normalized spacial score (nSPS) is 12.1.